The lowest BCUT2D eigenvalue weighted by atomic mass is 10.1. The van der Waals surface area contributed by atoms with Gasteiger partial charge in [-0.2, -0.15) is 0 Å². The predicted octanol–water partition coefficient (Wildman–Crippen LogP) is 3.59. The minimum absolute atomic E-state index is 0.0878. The molecule has 0 aliphatic carbocycles. The Morgan fingerprint density at radius 1 is 1.00 bits per heavy atom. The summed E-state index contributed by atoms with van der Waals surface area (Å²) in [6.07, 6.45) is 1.67. The molecule has 0 amide bonds. The summed E-state index contributed by atoms with van der Waals surface area (Å²) >= 11 is 0. The topological polar surface area (TPSA) is 38.0 Å². The normalized spacial score (nSPS) is 10.4. The minimum atomic E-state index is -0.655. The molecule has 3 N–H and O–H groups in total. The summed E-state index contributed by atoms with van der Waals surface area (Å²) in [6, 6.07) is 12.2. The predicted molar refractivity (Wildman–Crippen MR) is 74.0 cm³/mol. The van der Waals surface area contributed by atoms with Gasteiger partial charge in [-0.15, -0.1) is 0 Å². The van der Waals surface area contributed by atoms with E-state index < -0.39 is 11.6 Å². The molecule has 0 fully saturated rings. The van der Waals surface area contributed by atoms with Crippen LogP contribution in [0.5, 0.6) is 0 Å². The third kappa shape index (κ3) is 3.68. The van der Waals surface area contributed by atoms with Gasteiger partial charge in [-0.3, -0.25) is 0 Å². The van der Waals surface area contributed by atoms with Gasteiger partial charge in [-0.1, -0.05) is 30.3 Å². The molecule has 0 radical (unpaired) electrons. The van der Waals surface area contributed by atoms with Crippen LogP contribution in [-0.2, 0) is 6.42 Å². The molecule has 0 heterocycles. The average Bonchev–Trinajstić information content (AvgIpc) is 2.38. The minimum Gasteiger partial charge on any atom is -0.399 e. The second-order valence-electron chi connectivity index (χ2n) is 4.38. The summed E-state index contributed by atoms with van der Waals surface area (Å²) in [5, 5.41) is 2.77. The van der Waals surface area contributed by atoms with Gasteiger partial charge in [0.1, 0.15) is 5.69 Å². The molecule has 0 spiro atoms. The Hall–Kier alpha value is -2.10. The summed E-state index contributed by atoms with van der Waals surface area (Å²) in [5.41, 5.74) is 6.54. The van der Waals surface area contributed by atoms with E-state index in [0.717, 1.165) is 25.0 Å². The lowest BCUT2D eigenvalue weighted by molar-refractivity contribution is 0.588. The van der Waals surface area contributed by atoms with E-state index in [-0.39, 0.29) is 11.4 Å². The fourth-order valence-electron chi connectivity index (χ4n) is 1.91. The fraction of sp³-hybridized carbons (Fsp3) is 0.200. The first-order valence-electron chi connectivity index (χ1n) is 6.19. The van der Waals surface area contributed by atoms with Gasteiger partial charge in [-0.25, -0.2) is 8.78 Å². The van der Waals surface area contributed by atoms with Crippen molar-refractivity contribution in [1.29, 1.82) is 0 Å². The molecule has 100 valence electrons. The number of anilines is 2. The zero-order valence-electron chi connectivity index (χ0n) is 10.5. The molecule has 2 nitrogen and oxygen atoms in total. The van der Waals surface area contributed by atoms with Crippen LogP contribution in [0.15, 0.2) is 42.5 Å². The second-order valence-corrected chi connectivity index (χ2v) is 4.38. The van der Waals surface area contributed by atoms with Crippen molar-refractivity contribution in [2.45, 2.75) is 12.8 Å². The number of hydrogen-bond donors (Lipinski definition) is 2. The standard InChI is InChI=1S/C15H16F2N2/c16-13-9-12(18)10-14(17)15(13)19-8-4-7-11-5-2-1-3-6-11/h1-3,5-6,9-10,19H,4,7-8,18H2. The molecule has 0 atom stereocenters. The Bertz CT molecular complexity index is 518. The number of rotatable bonds is 5. The first kappa shape index (κ1) is 13.3. The molecule has 2 aromatic rings. The van der Waals surface area contributed by atoms with E-state index in [1.807, 2.05) is 30.3 Å². The summed E-state index contributed by atoms with van der Waals surface area (Å²) in [6.45, 7) is 0.507. The summed E-state index contributed by atoms with van der Waals surface area (Å²) in [7, 11) is 0. The van der Waals surface area contributed by atoms with E-state index >= 15 is 0 Å². The highest BCUT2D eigenvalue weighted by Gasteiger charge is 2.09. The van der Waals surface area contributed by atoms with Crippen LogP contribution in [0.25, 0.3) is 0 Å². The van der Waals surface area contributed by atoms with Crippen molar-refractivity contribution in [1.82, 2.24) is 0 Å². The van der Waals surface area contributed by atoms with Crippen molar-refractivity contribution >= 4 is 11.4 Å². The zero-order valence-corrected chi connectivity index (χ0v) is 10.5. The SMILES string of the molecule is Nc1cc(F)c(NCCCc2ccccc2)c(F)c1. The maximum atomic E-state index is 13.5. The van der Waals surface area contributed by atoms with Gasteiger partial charge in [0.05, 0.1) is 0 Å². The zero-order chi connectivity index (χ0) is 13.7. The number of benzene rings is 2. The van der Waals surface area contributed by atoms with E-state index in [4.69, 9.17) is 5.73 Å². The molecule has 0 bridgehead atoms. The quantitative estimate of drug-likeness (QED) is 0.638. The number of hydrogen-bond acceptors (Lipinski definition) is 2. The third-order valence-electron chi connectivity index (χ3n) is 2.85. The van der Waals surface area contributed by atoms with Crippen LogP contribution in [0.3, 0.4) is 0 Å². The number of nitrogens with one attached hydrogen (secondary N) is 1. The fourth-order valence-corrected chi connectivity index (χ4v) is 1.91. The monoisotopic (exact) mass is 262 g/mol. The van der Waals surface area contributed by atoms with E-state index in [0.29, 0.717) is 6.54 Å². The van der Waals surface area contributed by atoms with Crippen molar-refractivity contribution in [3.8, 4) is 0 Å². The van der Waals surface area contributed by atoms with Crippen LogP contribution in [0.2, 0.25) is 0 Å². The van der Waals surface area contributed by atoms with Gasteiger partial charge in [0.2, 0.25) is 0 Å². The molecule has 0 aliphatic heterocycles. The summed E-state index contributed by atoms with van der Waals surface area (Å²) in [4.78, 5) is 0. The van der Waals surface area contributed by atoms with Crippen LogP contribution in [0.1, 0.15) is 12.0 Å². The van der Waals surface area contributed by atoms with Crippen molar-refractivity contribution in [3.05, 3.63) is 59.7 Å². The largest absolute Gasteiger partial charge is 0.399 e. The molecule has 0 saturated heterocycles. The Kier molecular flexibility index (Phi) is 4.34. The Morgan fingerprint density at radius 3 is 2.26 bits per heavy atom. The highest BCUT2D eigenvalue weighted by molar-refractivity contribution is 5.53. The Morgan fingerprint density at radius 2 is 1.63 bits per heavy atom. The molecule has 0 unspecified atom stereocenters. The maximum Gasteiger partial charge on any atom is 0.151 e. The molecular weight excluding hydrogens is 246 g/mol. The van der Waals surface area contributed by atoms with E-state index in [1.54, 1.807) is 0 Å². The number of nitrogens with two attached hydrogens (primary N) is 1. The molecule has 0 aliphatic rings. The van der Waals surface area contributed by atoms with E-state index in [9.17, 15) is 8.78 Å². The first-order chi connectivity index (χ1) is 9.16. The lowest BCUT2D eigenvalue weighted by Gasteiger charge is -2.09. The van der Waals surface area contributed by atoms with Gasteiger partial charge in [-0.05, 0) is 30.5 Å². The smallest absolute Gasteiger partial charge is 0.151 e. The van der Waals surface area contributed by atoms with Crippen LogP contribution < -0.4 is 11.1 Å². The number of aryl methyl sites for hydroxylation is 1. The van der Waals surface area contributed by atoms with Crippen molar-refractivity contribution < 1.29 is 8.78 Å². The maximum absolute atomic E-state index is 13.5. The van der Waals surface area contributed by atoms with E-state index in [1.165, 1.54) is 5.56 Å². The third-order valence-corrected chi connectivity index (χ3v) is 2.85. The number of halogens is 2. The van der Waals surface area contributed by atoms with Gasteiger partial charge in [0.25, 0.3) is 0 Å². The van der Waals surface area contributed by atoms with E-state index in [2.05, 4.69) is 5.32 Å². The molecule has 0 saturated carbocycles. The second kappa shape index (κ2) is 6.18. The Balaban J connectivity index is 1.86. The molecule has 4 heteroatoms. The van der Waals surface area contributed by atoms with Crippen molar-refractivity contribution in [3.63, 3.8) is 0 Å². The highest BCUT2D eigenvalue weighted by Crippen LogP contribution is 2.21. The molecule has 2 rings (SSSR count). The van der Waals surface area contributed by atoms with Gasteiger partial charge >= 0.3 is 0 Å². The molecule has 0 aromatic heterocycles. The summed E-state index contributed by atoms with van der Waals surface area (Å²) < 4.78 is 27.0. The molecule has 2 aromatic carbocycles. The average molecular weight is 262 g/mol. The highest BCUT2D eigenvalue weighted by atomic mass is 19.1. The van der Waals surface area contributed by atoms with Gasteiger partial charge in [0, 0.05) is 12.2 Å². The van der Waals surface area contributed by atoms with Crippen molar-refractivity contribution in [2.75, 3.05) is 17.6 Å². The van der Waals surface area contributed by atoms with Crippen LogP contribution in [0.4, 0.5) is 20.2 Å². The van der Waals surface area contributed by atoms with Gasteiger partial charge < -0.3 is 11.1 Å². The first-order valence-corrected chi connectivity index (χ1v) is 6.19. The van der Waals surface area contributed by atoms with Crippen LogP contribution >= 0.6 is 0 Å². The van der Waals surface area contributed by atoms with Crippen LogP contribution in [-0.4, -0.2) is 6.54 Å². The van der Waals surface area contributed by atoms with Crippen molar-refractivity contribution in [2.24, 2.45) is 0 Å². The van der Waals surface area contributed by atoms with Gasteiger partial charge in [0.15, 0.2) is 11.6 Å². The molecule has 19 heavy (non-hydrogen) atoms. The van der Waals surface area contributed by atoms with Crippen LogP contribution in [0, 0.1) is 11.6 Å². The number of nitrogen functional groups attached to an aromatic ring is 1. The molecular formula is C15H16F2N2. The summed E-state index contributed by atoms with van der Waals surface area (Å²) in [5.74, 6) is -1.31. The Labute approximate surface area is 111 Å². The lowest BCUT2D eigenvalue weighted by Crippen LogP contribution is -2.07.